The largest absolute Gasteiger partial charge is 0.478 e. The quantitative estimate of drug-likeness (QED) is 0.905. The Hall–Kier alpha value is -1.98. The van der Waals surface area contributed by atoms with Gasteiger partial charge in [-0.2, -0.15) is 0 Å². The third-order valence-corrected chi connectivity index (χ3v) is 3.15. The van der Waals surface area contributed by atoms with E-state index in [0.29, 0.717) is 18.7 Å². The van der Waals surface area contributed by atoms with E-state index < -0.39 is 29.1 Å². The summed E-state index contributed by atoms with van der Waals surface area (Å²) < 4.78 is 26.3. The third-order valence-electron chi connectivity index (χ3n) is 3.15. The molecule has 4 nitrogen and oxygen atoms in total. The molecule has 110 valence electrons. The van der Waals surface area contributed by atoms with Crippen LogP contribution in [0.2, 0.25) is 0 Å². The summed E-state index contributed by atoms with van der Waals surface area (Å²) in [5, 5.41) is 8.98. The maximum atomic E-state index is 13.2. The van der Waals surface area contributed by atoms with Gasteiger partial charge in [-0.05, 0) is 18.1 Å². The number of nitrogens with zero attached hydrogens (tertiary/aromatic N) is 1. The standard InChI is InChI=1S/C14H17F2NO3/c1-4-8(2)7-17(3)13(18)9-5-11(15)12(16)6-10(9)14(19)20/h5-6,8H,4,7H2,1-3H3,(H,19,20). The van der Waals surface area contributed by atoms with E-state index in [2.05, 4.69) is 0 Å². The molecule has 20 heavy (non-hydrogen) atoms. The Bertz CT molecular complexity index is 531. The molecular weight excluding hydrogens is 268 g/mol. The van der Waals surface area contributed by atoms with Crippen LogP contribution in [-0.2, 0) is 0 Å². The van der Waals surface area contributed by atoms with Crippen LogP contribution in [0, 0.1) is 17.6 Å². The average Bonchev–Trinajstić information content (AvgIpc) is 2.39. The van der Waals surface area contributed by atoms with Crippen LogP contribution >= 0.6 is 0 Å². The molecule has 0 aromatic heterocycles. The highest BCUT2D eigenvalue weighted by Crippen LogP contribution is 2.18. The molecule has 6 heteroatoms. The summed E-state index contributed by atoms with van der Waals surface area (Å²) in [6.45, 7) is 4.31. The normalized spacial score (nSPS) is 12.1. The van der Waals surface area contributed by atoms with Gasteiger partial charge in [-0.1, -0.05) is 20.3 Å². The molecule has 0 aliphatic rings. The van der Waals surface area contributed by atoms with Crippen molar-refractivity contribution >= 4 is 11.9 Å². The van der Waals surface area contributed by atoms with Gasteiger partial charge in [0.2, 0.25) is 0 Å². The van der Waals surface area contributed by atoms with Gasteiger partial charge in [0.15, 0.2) is 11.6 Å². The van der Waals surface area contributed by atoms with Crippen molar-refractivity contribution in [1.82, 2.24) is 4.90 Å². The summed E-state index contributed by atoms with van der Waals surface area (Å²) in [4.78, 5) is 24.5. The van der Waals surface area contributed by atoms with Crippen LogP contribution in [0.3, 0.4) is 0 Å². The lowest BCUT2D eigenvalue weighted by atomic mass is 10.0. The fourth-order valence-electron chi connectivity index (χ4n) is 1.79. The molecule has 1 aromatic carbocycles. The summed E-state index contributed by atoms with van der Waals surface area (Å²) in [5.74, 6) is -4.41. The molecule has 0 fully saturated rings. The van der Waals surface area contributed by atoms with Gasteiger partial charge in [-0.15, -0.1) is 0 Å². The molecule has 0 spiro atoms. The number of hydrogen-bond donors (Lipinski definition) is 1. The minimum atomic E-state index is -1.47. The number of rotatable bonds is 5. The van der Waals surface area contributed by atoms with Crippen molar-refractivity contribution in [1.29, 1.82) is 0 Å². The molecule has 0 heterocycles. The zero-order chi connectivity index (χ0) is 15.4. The summed E-state index contributed by atoms with van der Waals surface area (Å²) in [6.07, 6.45) is 0.848. The van der Waals surface area contributed by atoms with E-state index >= 15 is 0 Å². The molecule has 0 aliphatic carbocycles. The van der Waals surface area contributed by atoms with Crippen LogP contribution < -0.4 is 0 Å². The molecule has 1 unspecified atom stereocenters. The zero-order valence-electron chi connectivity index (χ0n) is 11.6. The van der Waals surface area contributed by atoms with Crippen LogP contribution in [0.4, 0.5) is 8.78 Å². The van der Waals surface area contributed by atoms with E-state index in [1.165, 1.54) is 11.9 Å². The van der Waals surface area contributed by atoms with Crippen LogP contribution in [0.1, 0.15) is 41.0 Å². The van der Waals surface area contributed by atoms with E-state index in [1.54, 1.807) is 0 Å². The predicted molar refractivity (Wildman–Crippen MR) is 69.7 cm³/mol. The van der Waals surface area contributed by atoms with Crippen molar-refractivity contribution < 1.29 is 23.5 Å². The number of aromatic carboxylic acids is 1. The number of benzene rings is 1. The van der Waals surface area contributed by atoms with E-state index in [4.69, 9.17) is 5.11 Å². The van der Waals surface area contributed by atoms with E-state index in [-0.39, 0.29) is 11.5 Å². The highest BCUT2D eigenvalue weighted by molar-refractivity contribution is 6.04. The highest BCUT2D eigenvalue weighted by Gasteiger charge is 2.23. The monoisotopic (exact) mass is 285 g/mol. The van der Waals surface area contributed by atoms with E-state index in [9.17, 15) is 18.4 Å². The number of amides is 1. The topological polar surface area (TPSA) is 57.6 Å². The maximum Gasteiger partial charge on any atom is 0.336 e. The summed E-state index contributed by atoms with van der Waals surface area (Å²) >= 11 is 0. The first-order chi connectivity index (χ1) is 9.27. The fourth-order valence-corrected chi connectivity index (χ4v) is 1.79. The summed E-state index contributed by atoms with van der Waals surface area (Å²) in [5.41, 5.74) is -0.882. The highest BCUT2D eigenvalue weighted by atomic mass is 19.2. The first kappa shape index (κ1) is 16.1. The molecule has 1 aromatic rings. The Balaban J connectivity index is 3.14. The molecule has 0 radical (unpaired) electrons. The third kappa shape index (κ3) is 3.53. The Kier molecular flexibility index (Phi) is 5.19. The second-order valence-electron chi connectivity index (χ2n) is 4.82. The number of carboxylic acids is 1. The van der Waals surface area contributed by atoms with Gasteiger partial charge in [-0.25, -0.2) is 13.6 Å². The minimum Gasteiger partial charge on any atom is -0.478 e. The number of carboxylic acid groups (broad SMARTS) is 1. The van der Waals surface area contributed by atoms with Crippen LogP contribution in [-0.4, -0.2) is 35.5 Å². The first-order valence-electron chi connectivity index (χ1n) is 6.25. The van der Waals surface area contributed by atoms with Gasteiger partial charge < -0.3 is 10.0 Å². The number of carbonyl (C=O) groups is 2. The van der Waals surface area contributed by atoms with Crippen molar-refractivity contribution in [3.63, 3.8) is 0 Å². The van der Waals surface area contributed by atoms with Crippen molar-refractivity contribution in [3.05, 3.63) is 34.9 Å². The van der Waals surface area contributed by atoms with Crippen LogP contribution in [0.5, 0.6) is 0 Å². The molecule has 0 saturated carbocycles. The Morgan fingerprint density at radius 3 is 2.20 bits per heavy atom. The molecule has 0 saturated heterocycles. The molecule has 1 atom stereocenters. The molecule has 0 bridgehead atoms. The van der Waals surface area contributed by atoms with Gasteiger partial charge in [0, 0.05) is 13.6 Å². The Labute approximate surface area is 116 Å². The molecular formula is C14H17F2NO3. The van der Waals surface area contributed by atoms with Gasteiger partial charge in [0.05, 0.1) is 11.1 Å². The second-order valence-corrected chi connectivity index (χ2v) is 4.82. The Morgan fingerprint density at radius 1 is 1.25 bits per heavy atom. The summed E-state index contributed by atoms with van der Waals surface area (Å²) in [6, 6.07) is 1.16. The second kappa shape index (κ2) is 6.45. The van der Waals surface area contributed by atoms with Gasteiger partial charge >= 0.3 is 5.97 Å². The van der Waals surface area contributed by atoms with Crippen molar-refractivity contribution in [2.75, 3.05) is 13.6 Å². The van der Waals surface area contributed by atoms with Gasteiger partial charge in [0.25, 0.3) is 5.91 Å². The predicted octanol–water partition coefficient (Wildman–Crippen LogP) is 2.78. The lowest BCUT2D eigenvalue weighted by Crippen LogP contribution is -2.32. The average molecular weight is 285 g/mol. The molecule has 1 amide bonds. The minimum absolute atomic E-state index is 0.225. The first-order valence-corrected chi connectivity index (χ1v) is 6.25. The van der Waals surface area contributed by atoms with Crippen LogP contribution in [0.25, 0.3) is 0 Å². The van der Waals surface area contributed by atoms with Gasteiger partial charge in [0.1, 0.15) is 0 Å². The molecule has 1 N–H and O–H groups in total. The number of halogens is 2. The van der Waals surface area contributed by atoms with Crippen molar-refractivity contribution in [2.45, 2.75) is 20.3 Å². The molecule has 1 rings (SSSR count). The van der Waals surface area contributed by atoms with Crippen molar-refractivity contribution in [2.24, 2.45) is 5.92 Å². The van der Waals surface area contributed by atoms with E-state index in [0.717, 1.165) is 6.42 Å². The van der Waals surface area contributed by atoms with E-state index in [1.807, 2.05) is 13.8 Å². The molecule has 0 aliphatic heterocycles. The lowest BCUT2D eigenvalue weighted by molar-refractivity contribution is 0.0678. The SMILES string of the molecule is CCC(C)CN(C)C(=O)c1cc(F)c(F)cc1C(=O)O. The maximum absolute atomic E-state index is 13.2. The van der Waals surface area contributed by atoms with Crippen LogP contribution in [0.15, 0.2) is 12.1 Å². The van der Waals surface area contributed by atoms with Gasteiger partial charge in [-0.3, -0.25) is 4.79 Å². The lowest BCUT2D eigenvalue weighted by Gasteiger charge is -2.21. The van der Waals surface area contributed by atoms with Crippen molar-refractivity contribution in [3.8, 4) is 0 Å². The zero-order valence-corrected chi connectivity index (χ0v) is 11.6. The fraction of sp³-hybridized carbons (Fsp3) is 0.429. The summed E-state index contributed by atoms with van der Waals surface area (Å²) in [7, 11) is 1.50. The Morgan fingerprint density at radius 2 is 1.75 bits per heavy atom. The number of carbonyl (C=O) groups excluding carboxylic acids is 1. The number of hydrogen-bond acceptors (Lipinski definition) is 2. The smallest absolute Gasteiger partial charge is 0.336 e.